The highest BCUT2D eigenvalue weighted by Crippen LogP contribution is 2.34. The van der Waals surface area contributed by atoms with Crippen molar-refractivity contribution in [2.45, 2.75) is 18.1 Å². The summed E-state index contributed by atoms with van der Waals surface area (Å²) in [5, 5.41) is 7.60. The maximum absolute atomic E-state index is 11.6. The fourth-order valence-corrected chi connectivity index (χ4v) is 4.22. The van der Waals surface area contributed by atoms with Crippen LogP contribution in [0.2, 0.25) is 0 Å². The Morgan fingerprint density at radius 1 is 1.31 bits per heavy atom. The van der Waals surface area contributed by atoms with E-state index in [2.05, 4.69) is 0 Å². The number of aliphatic carboxylic acids is 1. The van der Waals surface area contributed by atoms with Gasteiger partial charge in [0.2, 0.25) is 10.0 Å². The summed E-state index contributed by atoms with van der Waals surface area (Å²) >= 11 is 0. The summed E-state index contributed by atoms with van der Waals surface area (Å²) in [4.78, 5) is 10.8. The predicted octanol–water partition coefficient (Wildman–Crippen LogP) is -0.505. The minimum absolute atomic E-state index is 0.174. The molecule has 2 bridgehead atoms. The van der Waals surface area contributed by atoms with Crippen molar-refractivity contribution in [3.8, 4) is 0 Å². The molecule has 3 heterocycles. The minimum atomic E-state index is -3.53. The highest BCUT2D eigenvalue weighted by Gasteiger charge is 2.50. The van der Waals surface area contributed by atoms with Gasteiger partial charge in [-0.1, -0.05) is 0 Å². The lowest BCUT2D eigenvalue weighted by molar-refractivity contribution is -0.138. The van der Waals surface area contributed by atoms with E-state index in [0.29, 0.717) is 25.9 Å². The molecule has 0 aromatic heterocycles. The monoisotopic (exact) mass is 205 g/mol. The van der Waals surface area contributed by atoms with E-state index in [9.17, 15) is 13.2 Å². The summed E-state index contributed by atoms with van der Waals surface area (Å²) in [5.41, 5.74) is 0. The summed E-state index contributed by atoms with van der Waals surface area (Å²) in [6, 6.07) is 0. The summed E-state index contributed by atoms with van der Waals surface area (Å²) in [7, 11) is -3.53. The van der Waals surface area contributed by atoms with Crippen LogP contribution in [0.4, 0.5) is 0 Å². The first-order valence-corrected chi connectivity index (χ1v) is 5.75. The summed E-state index contributed by atoms with van der Waals surface area (Å²) in [5.74, 6) is -1.37. The largest absolute Gasteiger partial charge is 0.480 e. The molecular formula is C7H11NO4S. The molecule has 3 fully saturated rings. The van der Waals surface area contributed by atoms with Crippen molar-refractivity contribution < 1.29 is 18.3 Å². The first-order valence-electron chi connectivity index (χ1n) is 4.25. The summed E-state index contributed by atoms with van der Waals surface area (Å²) < 4.78 is 24.4. The van der Waals surface area contributed by atoms with Gasteiger partial charge in [-0.15, -0.1) is 0 Å². The van der Waals surface area contributed by atoms with Gasteiger partial charge < -0.3 is 5.11 Å². The van der Waals surface area contributed by atoms with Crippen molar-refractivity contribution in [1.82, 2.24) is 4.31 Å². The molecule has 13 heavy (non-hydrogen) atoms. The van der Waals surface area contributed by atoms with Crippen LogP contribution in [0.5, 0.6) is 0 Å². The number of rotatable bonds is 1. The Bertz CT molecular complexity index is 328. The Balaban J connectivity index is 2.41. The zero-order chi connectivity index (χ0) is 9.64. The molecule has 6 heteroatoms. The van der Waals surface area contributed by atoms with Gasteiger partial charge in [-0.25, -0.2) is 12.7 Å². The second-order valence-corrected chi connectivity index (χ2v) is 5.59. The molecule has 3 aliphatic rings. The first kappa shape index (κ1) is 8.96. The van der Waals surface area contributed by atoms with Gasteiger partial charge in [-0.2, -0.15) is 0 Å². The quantitative estimate of drug-likeness (QED) is 0.626. The van der Waals surface area contributed by atoms with Gasteiger partial charge in [-0.05, 0) is 18.8 Å². The van der Waals surface area contributed by atoms with E-state index in [4.69, 9.17) is 5.11 Å². The molecule has 0 aromatic rings. The zero-order valence-corrected chi connectivity index (χ0v) is 7.83. The van der Waals surface area contributed by atoms with Crippen molar-refractivity contribution in [2.75, 3.05) is 13.1 Å². The first-order chi connectivity index (χ1) is 6.03. The molecule has 0 amide bonds. The predicted molar refractivity (Wildman–Crippen MR) is 44.6 cm³/mol. The molecular weight excluding hydrogens is 194 g/mol. The van der Waals surface area contributed by atoms with Crippen LogP contribution in [-0.2, 0) is 14.8 Å². The molecule has 0 radical (unpaired) electrons. The number of carbonyl (C=O) groups is 1. The lowest BCUT2D eigenvalue weighted by Crippen LogP contribution is -2.57. The maximum atomic E-state index is 11.6. The number of hydrogen-bond acceptors (Lipinski definition) is 3. The van der Waals surface area contributed by atoms with Crippen molar-refractivity contribution in [3.05, 3.63) is 0 Å². The van der Waals surface area contributed by atoms with Gasteiger partial charge in [0.05, 0.1) is 0 Å². The molecule has 1 atom stereocenters. The van der Waals surface area contributed by atoms with Crippen LogP contribution in [0.25, 0.3) is 0 Å². The van der Waals surface area contributed by atoms with Gasteiger partial charge in [0.25, 0.3) is 0 Å². The highest BCUT2D eigenvalue weighted by molar-refractivity contribution is 7.90. The van der Waals surface area contributed by atoms with E-state index in [0.717, 1.165) is 0 Å². The number of fused-ring (bicyclic) bond motifs is 3. The standard InChI is InChI=1S/C7H11NO4S/c9-7(10)6-5-1-3-8(4-2-5)13(6,11)12/h5-6H,1-4H2,(H,9,10)/t6-/m0/s1. The number of carboxylic acid groups (broad SMARTS) is 1. The van der Waals surface area contributed by atoms with Crippen LogP contribution in [0.15, 0.2) is 0 Å². The molecule has 1 N–H and O–H groups in total. The average Bonchev–Trinajstić information content (AvgIpc) is 2.03. The van der Waals surface area contributed by atoms with Crippen LogP contribution in [0.3, 0.4) is 0 Å². The van der Waals surface area contributed by atoms with E-state index in [1.807, 2.05) is 0 Å². The number of carboxylic acids is 1. The van der Waals surface area contributed by atoms with E-state index in [-0.39, 0.29) is 5.92 Å². The molecule has 74 valence electrons. The number of nitrogens with zero attached hydrogens (tertiary/aromatic N) is 1. The third kappa shape index (κ3) is 1.16. The SMILES string of the molecule is O=C(O)[C@@H]1C2CCN(CC2)S1(=O)=O. The van der Waals surface area contributed by atoms with Gasteiger partial charge in [0.15, 0.2) is 5.25 Å². The molecule has 3 rings (SSSR count). The molecule has 5 nitrogen and oxygen atoms in total. The number of hydrogen-bond donors (Lipinski definition) is 1. The lowest BCUT2D eigenvalue weighted by Gasteiger charge is -2.41. The van der Waals surface area contributed by atoms with Crippen LogP contribution in [0.1, 0.15) is 12.8 Å². The Labute approximate surface area is 76.4 Å². The maximum Gasteiger partial charge on any atom is 0.323 e. The van der Waals surface area contributed by atoms with Crippen LogP contribution >= 0.6 is 0 Å². The van der Waals surface area contributed by atoms with Crippen molar-refractivity contribution in [3.63, 3.8) is 0 Å². The second kappa shape index (κ2) is 2.68. The van der Waals surface area contributed by atoms with Gasteiger partial charge in [0.1, 0.15) is 0 Å². The zero-order valence-electron chi connectivity index (χ0n) is 7.01. The Morgan fingerprint density at radius 2 is 1.85 bits per heavy atom. The topological polar surface area (TPSA) is 74.7 Å². The summed E-state index contributed by atoms with van der Waals surface area (Å²) in [6.07, 6.45) is 1.38. The van der Waals surface area contributed by atoms with Crippen LogP contribution in [-0.4, -0.2) is 42.1 Å². The molecule has 3 saturated heterocycles. The van der Waals surface area contributed by atoms with E-state index >= 15 is 0 Å². The average molecular weight is 205 g/mol. The van der Waals surface area contributed by atoms with Crippen LogP contribution < -0.4 is 0 Å². The van der Waals surface area contributed by atoms with Crippen molar-refractivity contribution >= 4 is 16.0 Å². The molecule has 0 aromatic carbocycles. The van der Waals surface area contributed by atoms with Crippen molar-refractivity contribution in [1.29, 1.82) is 0 Å². The Kier molecular flexibility index (Phi) is 1.85. The van der Waals surface area contributed by atoms with Gasteiger partial charge >= 0.3 is 5.97 Å². The molecule has 0 spiro atoms. The normalized spacial score (nSPS) is 41.7. The third-order valence-corrected chi connectivity index (χ3v) is 5.16. The summed E-state index contributed by atoms with van der Waals surface area (Å²) in [6.45, 7) is 0.994. The molecule has 3 aliphatic heterocycles. The fraction of sp³-hybridized carbons (Fsp3) is 0.857. The van der Waals surface area contributed by atoms with Crippen molar-refractivity contribution in [2.24, 2.45) is 5.92 Å². The second-order valence-electron chi connectivity index (χ2n) is 3.54. The van der Waals surface area contributed by atoms with Gasteiger partial charge in [-0.3, -0.25) is 4.79 Å². The molecule has 0 saturated carbocycles. The minimum Gasteiger partial charge on any atom is -0.480 e. The lowest BCUT2D eigenvalue weighted by atomic mass is 9.94. The van der Waals surface area contributed by atoms with E-state index in [1.165, 1.54) is 4.31 Å². The molecule has 0 aliphatic carbocycles. The van der Waals surface area contributed by atoms with E-state index < -0.39 is 21.2 Å². The highest BCUT2D eigenvalue weighted by atomic mass is 32.2. The Morgan fingerprint density at radius 3 is 2.15 bits per heavy atom. The Hall–Kier alpha value is -0.620. The van der Waals surface area contributed by atoms with Gasteiger partial charge in [0, 0.05) is 13.1 Å². The molecule has 0 unspecified atom stereocenters. The number of piperidine rings is 1. The third-order valence-electron chi connectivity index (χ3n) is 2.85. The smallest absolute Gasteiger partial charge is 0.323 e. The van der Waals surface area contributed by atoms with E-state index in [1.54, 1.807) is 0 Å². The number of sulfonamides is 1. The van der Waals surface area contributed by atoms with Crippen LogP contribution in [0, 0.1) is 5.92 Å². The fourth-order valence-electron chi connectivity index (χ4n) is 2.17.